The number of halogens is 1. The molecule has 1 aliphatic rings. The van der Waals surface area contributed by atoms with Gasteiger partial charge < -0.3 is 9.52 Å². The molecule has 0 amide bonds. The molecule has 0 saturated carbocycles. The molecule has 1 heterocycles. The van der Waals surface area contributed by atoms with Gasteiger partial charge in [0.05, 0.1) is 5.60 Å². The number of hydrogen-bond acceptors (Lipinski definition) is 2. The first-order chi connectivity index (χ1) is 15.7. The van der Waals surface area contributed by atoms with E-state index in [-0.39, 0.29) is 5.41 Å². The van der Waals surface area contributed by atoms with Crippen LogP contribution in [0, 0.1) is 0 Å². The second kappa shape index (κ2) is 6.72. The number of para-hydroxylation sites is 1. The van der Waals surface area contributed by atoms with Crippen molar-refractivity contribution in [3.8, 4) is 22.3 Å². The van der Waals surface area contributed by atoms with Crippen molar-refractivity contribution in [3.05, 3.63) is 94.5 Å². The molecule has 1 N–H and O–H groups in total. The van der Waals surface area contributed by atoms with Gasteiger partial charge in [0.15, 0.2) is 0 Å². The predicted octanol–water partition coefficient (Wildman–Crippen LogP) is 8.44. The average molecular weight is 453 g/mol. The molecule has 0 saturated heterocycles. The Balaban J connectivity index is 1.63. The molecule has 3 heteroatoms. The Morgan fingerprint density at radius 3 is 2.36 bits per heavy atom. The Morgan fingerprint density at radius 1 is 0.818 bits per heavy atom. The molecule has 0 fully saturated rings. The Morgan fingerprint density at radius 2 is 1.58 bits per heavy atom. The molecule has 0 bridgehead atoms. The lowest BCUT2D eigenvalue weighted by Crippen LogP contribution is -2.17. The van der Waals surface area contributed by atoms with Gasteiger partial charge in [-0.3, -0.25) is 0 Å². The Kier molecular flexibility index (Phi) is 4.18. The zero-order valence-corrected chi connectivity index (χ0v) is 19.9. The van der Waals surface area contributed by atoms with Gasteiger partial charge in [0, 0.05) is 21.2 Å². The van der Waals surface area contributed by atoms with Crippen LogP contribution in [0.25, 0.3) is 44.2 Å². The molecule has 164 valence electrons. The van der Waals surface area contributed by atoms with Crippen molar-refractivity contribution in [2.24, 2.45) is 0 Å². The smallest absolute Gasteiger partial charge is 0.136 e. The summed E-state index contributed by atoms with van der Waals surface area (Å²) in [5.74, 6) is 0. The van der Waals surface area contributed by atoms with Gasteiger partial charge in [0.25, 0.3) is 0 Å². The van der Waals surface area contributed by atoms with Crippen molar-refractivity contribution in [1.82, 2.24) is 0 Å². The summed E-state index contributed by atoms with van der Waals surface area (Å²) in [7, 11) is 0. The minimum Gasteiger partial charge on any atom is -0.456 e. The number of rotatable bonds is 2. The maximum atomic E-state index is 10.8. The molecule has 2 nitrogen and oxygen atoms in total. The lowest BCUT2D eigenvalue weighted by Gasteiger charge is -2.24. The monoisotopic (exact) mass is 452 g/mol. The van der Waals surface area contributed by atoms with E-state index in [2.05, 4.69) is 56.3 Å². The van der Waals surface area contributed by atoms with Crippen LogP contribution in [0.5, 0.6) is 0 Å². The maximum absolute atomic E-state index is 10.8. The first-order valence-electron chi connectivity index (χ1n) is 11.3. The van der Waals surface area contributed by atoms with Gasteiger partial charge in [0.2, 0.25) is 0 Å². The first-order valence-corrected chi connectivity index (χ1v) is 11.7. The third-order valence-corrected chi connectivity index (χ3v) is 7.37. The summed E-state index contributed by atoms with van der Waals surface area (Å²) >= 11 is 6.28. The van der Waals surface area contributed by atoms with E-state index in [0.717, 1.165) is 33.2 Å². The zero-order valence-electron chi connectivity index (χ0n) is 19.2. The molecular weight excluding hydrogens is 428 g/mol. The summed E-state index contributed by atoms with van der Waals surface area (Å²) < 4.78 is 6.18. The summed E-state index contributed by atoms with van der Waals surface area (Å²) in [5.41, 5.74) is 8.69. The maximum Gasteiger partial charge on any atom is 0.136 e. The molecule has 6 rings (SSSR count). The van der Waals surface area contributed by atoms with Crippen LogP contribution in [0.15, 0.2) is 77.2 Å². The molecule has 0 unspecified atom stereocenters. The van der Waals surface area contributed by atoms with Crippen LogP contribution in [0.2, 0.25) is 5.02 Å². The minimum absolute atomic E-state index is 0.158. The highest BCUT2D eigenvalue weighted by Gasteiger charge is 2.38. The summed E-state index contributed by atoms with van der Waals surface area (Å²) in [4.78, 5) is 0. The van der Waals surface area contributed by atoms with Crippen molar-refractivity contribution in [1.29, 1.82) is 0 Å². The van der Waals surface area contributed by atoms with Gasteiger partial charge >= 0.3 is 0 Å². The topological polar surface area (TPSA) is 33.4 Å². The quantitative estimate of drug-likeness (QED) is 0.291. The van der Waals surface area contributed by atoms with Crippen LogP contribution >= 0.6 is 11.6 Å². The molecule has 33 heavy (non-hydrogen) atoms. The molecule has 0 radical (unpaired) electrons. The van der Waals surface area contributed by atoms with E-state index in [1.54, 1.807) is 13.8 Å². The van der Waals surface area contributed by atoms with E-state index >= 15 is 0 Å². The number of fused-ring (bicyclic) bond motifs is 7. The van der Waals surface area contributed by atoms with Crippen LogP contribution in [0.1, 0.15) is 44.4 Å². The zero-order chi connectivity index (χ0) is 23.1. The number of furan rings is 1. The standard InChI is InChI=1S/C30H25ClO2/c1-29(2)22-13-14-26-28(21-7-5-6-8-25(21)33-26)27(22)20-11-9-17(15-23(20)29)19-12-10-18(31)16-24(19)30(3,4)32/h5-16,32H,1-4H3. The highest BCUT2D eigenvalue weighted by Crippen LogP contribution is 2.53. The lowest BCUT2D eigenvalue weighted by molar-refractivity contribution is 0.0792. The fraction of sp³-hybridized carbons (Fsp3) is 0.200. The van der Waals surface area contributed by atoms with Crippen molar-refractivity contribution < 1.29 is 9.52 Å². The second-order valence-electron chi connectivity index (χ2n) is 10.1. The van der Waals surface area contributed by atoms with Gasteiger partial charge in [-0.2, -0.15) is 0 Å². The van der Waals surface area contributed by atoms with Gasteiger partial charge in [0.1, 0.15) is 11.2 Å². The second-order valence-corrected chi connectivity index (χ2v) is 10.5. The van der Waals surface area contributed by atoms with E-state index in [1.807, 2.05) is 30.3 Å². The number of aliphatic hydroxyl groups is 1. The summed E-state index contributed by atoms with van der Waals surface area (Å²) in [5, 5.41) is 13.8. The van der Waals surface area contributed by atoms with E-state index in [0.29, 0.717) is 5.02 Å². The van der Waals surface area contributed by atoms with Crippen LogP contribution in [-0.2, 0) is 11.0 Å². The minimum atomic E-state index is -1.00. The molecule has 0 aliphatic heterocycles. The fourth-order valence-electron chi connectivity index (χ4n) is 5.48. The molecular formula is C30H25ClO2. The lowest BCUT2D eigenvalue weighted by atomic mass is 9.80. The van der Waals surface area contributed by atoms with Gasteiger partial charge in [-0.1, -0.05) is 67.9 Å². The Hall–Kier alpha value is -3.07. The summed E-state index contributed by atoms with van der Waals surface area (Å²) in [6, 6.07) is 25.0. The number of benzene rings is 4. The van der Waals surface area contributed by atoms with Crippen LogP contribution in [-0.4, -0.2) is 5.11 Å². The highest BCUT2D eigenvalue weighted by atomic mass is 35.5. The van der Waals surface area contributed by atoms with Crippen molar-refractivity contribution in [3.63, 3.8) is 0 Å². The predicted molar refractivity (Wildman–Crippen MR) is 137 cm³/mol. The molecule has 1 aliphatic carbocycles. The van der Waals surface area contributed by atoms with Crippen molar-refractivity contribution in [2.75, 3.05) is 0 Å². The SMILES string of the molecule is CC(C)(O)c1cc(Cl)ccc1-c1ccc2c(c1)C(C)(C)c1ccc3oc4ccccc4c3c1-2. The van der Waals surface area contributed by atoms with E-state index < -0.39 is 5.60 Å². The van der Waals surface area contributed by atoms with Gasteiger partial charge in [-0.05, 0) is 83.1 Å². The largest absolute Gasteiger partial charge is 0.456 e. The van der Waals surface area contributed by atoms with Crippen LogP contribution in [0.4, 0.5) is 0 Å². The fourth-order valence-corrected chi connectivity index (χ4v) is 5.66. The van der Waals surface area contributed by atoms with Crippen LogP contribution < -0.4 is 0 Å². The Bertz CT molecular complexity index is 1580. The van der Waals surface area contributed by atoms with E-state index in [1.165, 1.54) is 27.6 Å². The van der Waals surface area contributed by atoms with Crippen molar-refractivity contribution >= 4 is 33.5 Å². The number of hydrogen-bond donors (Lipinski definition) is 1. The third-order valence-electron chi connectivity index (χ3n) is 7.13. The van der Waals surface area contributed by atoms with Crippen molar-refractivity contribution in [2.45, 2.75) is 38.7 Å². The highest BCUT2D eigenvalue weighted by molar-refractivity contribution is 6.30. The van der Waals surface area contributed by atoms with Gasteiger partial charge in [-0.25, -0.2) is 0 Å². The summed E-state index contributed by atoms with van der Waals surface area (Å²) in [6.45, 7) is 8.18. The van der Waals surface area contributed by atoms with Crippen LogP contribution in [0.3, 0.4) is 0 Å². The third kappa shape index (κ3) is 2.91. The average Bonchev–Trinajstić information content (AvgIpc) is 3.26. The normalized spacial score (nSPS) is 14.6. The molecule has 0 spiro atoms. The molecule has 5 aromatic rings. The first kappa shape index (κ1) is 20.5. The molecule has 0 atom stereocenters. The molecule has 4 aromatic carbocycles. The van der Waals surface area contributed by atoms with E-state index in [9.17, 15) is 5.11 Å². The Labute approximate surface area is 198 Å². The summed E-state index contributed by atoms with van der Waals surface area (Å²) in [6.07, 6.45) is 0. The molecule has 1 aromatic heterocycles. The van der Waals surface area contributed by atoms with E-state index in [4.69, 9.17) is 16.0 Å². The van der Waals surface area contributed by atoms with Gasteiger partial charge in [-0.15, -0.1) is 0 Å².